The highest BCUT2D eigenvalue weighted by Gasteiger charge is 2.28. The third-order valence-corrected chi connectivity index (χ3v) is 9.45. The number of unbranched alkanes of at least 4 members (excludes halogenated alkanes) is 9. The maximum atomic E-state index is 12.5. The number of hydrogen-bond donors (Lipinski definition) is 3. The summed E-state index contributed by atoms with van der Waals surface area (Å²) in [5.74, 6) is -1.08. The maximum absolute atomic E-state index is 12.5. The second kappa shape index (κ2) is 19.9. The van der Waals surface area contributed by atoms with Gasteiger partial charge in [0.2, 0.25) is 12.0 Å². The van der Waals surface area contributed by atoms with Crippen molar-refractivity contribution in [3.05, 3.63) is 90.0 Å². The zero-order valence-electron chi connectivity index (χ0n) is 31.1. The van der Waals surface area contributed by atoms with E-state index in [1.165, 1.54) is 51.4 Å². The first-order chi connectivity index (χ1) is 26.2. The zero-order chi connectivity index (χ0) is 38.3. The summed E-state index contributed by atoms with van der Waals surface area (Å²) in [5, 5.41) is 25.2. The molecule has 11 heteroatoms. The Morgan fingerprint density at radius 3 is 2.02 bits per heavy atom. The molecular weight excluding hydrogens is 684 g/mol. The Labute approximate surface area is 316 Å². The normalized spacial score (nSPS) is 13.8. The van der Waals surface area contributed by atoms with Crippen molar-refractivity contribution in [1.29, 1.82) is 0 Å². The molecule has 0 spiro atoms. The third-order valence-electron chi connectivity index (χ3n) is 9.45. The van der Waals surface area contributed by atoms with Gasteiger partial charge in [-0.3, -0.25) is 4.79 Å². The molecular formula is C43H50N4O7. The molecule has 0 aliphatic carbocycles. The van der Waals surface area contributed by atoms with Gasteiger partial charge >= 0.3 is 11.9 Å². The summed E-state index contributed by atoms with van der Waals surface area (Å²) in [7, 11) is 1.94. The Kier molecular flexibility index (Phi) is 14.6. The molecule has 4 aromatic rings. The van der Waals surface area contributed by atoms with Gasteiger partial charge in [-0.1, -0.05) is 118 Å². The van der Waals surface area contributed by atoms with Crippen LogP contribution in [0.5, 0.6) is 5.75 Å². The lowest BCUT2D eigenvalue weighted by atomic mass is 10.0. The highest BCUT2D eigenvalue weighted by atomic mass is 16.7. The molecule has 1 aliphatic heterocycles. The van der Waals surface area contributed by atoms with Crippen molar-refractivity contribution in [3.8, 4) is 39.7 Å². The minimum atomic E-state index is -1.06. The lowest BCUT2D eigenvalue weighted by Crippen LogP contribution is -2.21. The molecule has 0 saturated carbocycles. The second-order valence-corrected chi connectivity index (χ2v) is 13.6. The fourth-order valence-corrected chi connectivity index (χ4v) is 6.44. The van der Waals surface area contributed by atoms with E-state index in [9.17, 15) is 19.5 Å². The van der Waals surface area contributed by atoms with Crippen molar-refractivity contribution >= 4 is 29.6 Å². The van der Waals surface area contributed by atoms with Crippen LogP contribution in [-0.4, -0.2) is 62.6 Å². The van der Waals surface area contributed by atoms with Crippen LogP contribution >= 0.6 is 0 Å². The van der Waals surface area contributed by atoms with Crippen LogP contribution in [-0.2, 0) is 26.3 Å². The number of nitrogens with one attached hydrogen (secondary N) is 1. The Bertz CT molecular complexity index is 1910. The highest BCUT2D eigenvalue weighted by Crippen LogP contribution is 2.36. The van der Waals surface area contributed by atoms with Crippen molar-refractivity contribution in [3.63, 3.8) is 0 Å². The van der Waals surface area contributed by atoms with E-state index >= 15 is 0 Å². The largest absolute Gasteiger partial charge is 0.482 e. The number of ether oxygens (including phenoxy) is 1. The van der Waals surface area contributed by atoms with Gasteiger partial charge < -0.3 is 29.7 Å². The molecule has 0 bridgehead atoms. The number of amides is 1. The molecule has 284 valence electrons. The molecule has 1 atom stereocenters. The van der Waals surface area contributed by atoms with Gasteiger partial charge in [0.15, 0.2) is 6.61 Å². The standard InChI is InChI=1S/C43H50N4O7/c1-3-4-5-6-7-8-9-10-11-12-27-44-38(48)26-15-30-13-16-33(17-14-30)41-40(32-22-24-35(25-23-32)53-29-39(49)50)45-42(47(41)2)34-20-18-31(19-21-34)36-28-37(43(51)52)54-46-36/h13-26,37H,3-12,27-29H2,1-2H3,(H,44,48)(H,49,50)(H,51,52). The molecule has 0 radical (unpaired) electrons. The van der Waals surface area contributed by atoms with Crippen LogP contribution in [0, 0.1) is 0 Å². The smallest absolute Gasteiger partial charge is 0.348 e. The number of carbonyl (C=O) groups is 3. The first kappa shape index (κ1) is 39.5. The number of carbonyl (C=O) groups excluding carboxylic acids is 1. The predicted octanol–water partition coefficient (Wildman–Crippen LogP) is 8.51. The second-order valence-electron chi connectivity index (χ2n) is 13.6. The number of aromatic nitrogens is 2. The van der Waals surface area contributed by atoms with Gasteiger partial charge in [-0.25, -0.2) is 14.6 Å². The number of aliphatic carboxylic acids is 2. The number of oxime groups is 1. The molecule has 1 amide bonds. The quantitative estimate of drug-likeness (QED) is 0.0569. The average Bonchev–Trinajstić information content (AvgIpc) is 3.81. The summed E-state index contributed by atoms with van der Waals surface area (Å²) in [6.45, 7) is 2.48. The zero-order valence-corrected chi connectivity index (χ0v) is 31.1. The summed E-state index contributed by atoms with van der Waals surface area (Å²) in [6, 6.07) is 22.6. The number of hydrogen-bond acceptors (Lipinski definition) is 7. The third kappa shape index (κ3) is 11.1. The topological polar surface area (TPSA) is 152 Å². The van der Waals surface area contributed by atoms with E-state index < -0.39 is 24.6 Å². The molecule has 5 rings (SSSR count). The minimum absolute atomic E-state index is 0.107. The van der Waals surface area contributed by atoms with Gasteiger partial charge in [-0.15, -0.1) is 0 Å². The van der Waals surface area contributed by atoms with Crippen molar-refractivity contribution in [1.82, 2.24) is 14.9 Å². The number of imidazole rings is 1. The fourth-order valence-electron chi connectivity index (χ4n) is 6.44. The van der Waals surface area contributed by atoms with Crippen LogP contribution in [0.1, 0.15) is 88.7 Å². The number of carboxylic acids is 2. The molecule has 3 aromatic carbocycles. The molecule has 1 unspecified atom stereocenters. The van der Waals surface area contributed by atoms with Crippen molar-refractivity contribution < 1.29 is 34.2 Å². The number of carboxylic acid groups (broad SMARTS) is 2. The van der Waals surface area contributed by atoms with Gasteiger partial charge in [0, 0.05) is 42.8 Å². The van der Waals surface area contributed by atoms with Crippen molar-refractivity contribution in [2.45, 2.75) is 83.7 Å². The van der Waals surface area contributed by atoms with Crippen LogP contribution in [0.4, 0.5) is 0 Å². The summed E-state index contributed by atoms with van der Waals surface area (Å²) in [4.78, 5) is 44.9. The minimum Gasteiger partial charge on any atom is -0.482 e. The van der Waals surface area contributed by atoms with E-state index in [-0.39, 0.29) is 12.3 Å². The Morgan fingerprint density at radius 1 is 0.815 bits per heavy atom. The lowest BCUT2D eigenvalue weighted by molar-refractivity contribution is -0.148. The van der Waals surface area contributed by atoms with Gasteiger partial charge in [0.1, 0.15) is 11.6 Å². The predicted molar refractivity (Wildman–Crippen MR) is 210 cm³/mol. The van der Waals surface area contributed by atoms with Crippen LogP contribution in [0.2, 0.25) is 0 Å². The fraction of sp³-hybridized carbons (Fsp3) is 0.372. The van der Waals surface area contributed by atoms with Crippen LogP contribution < -0.4 is 10.1 Å². The van der Waals surface area contributed by atoms with Gasteiger partial charge in [-0.05, 0) is 47.9 Å². The Balaban J connectivity index is 1.26. The van der Waals surface area contributed by atoms with Gasteiger partial charge in [0.05, 0.1) is 17.1 Å². The van der Waals surface area contributed by atoms with Gasteiger partial charge in [0.25, 0.3) is 0 Å². The molecule has 1 aliphatic rings. The Hall–Kier alpha value is -5.71. The van der Waals surface area contributed by atoms with E-state index in [0.717, 1.165) is 46.4 Å². The number of rotatable bonds is 21. The van der Waals surface area contributed by atoms with Crippen LogP contribution in [0.15, 0.2) is 84.0 Å². The summed E-state index contributed by atoms with van der Waals surface area (Å²) >= 11 is 0. The van der Waals surface area contributed by atoms with E-state index in [1.54, 1.807) is 18.2 Å². The SMILES string of the molecule is CCCCCCCCCCCCNC(=O)C=Cc1ccc(-c2c(-c3ccc(OCC(=O)O)cc3)nc(-c3ccc(C4=NOC(C(=O)O)C4)cc3)n2C)cc1. The maximum Gasteiger partial charge on any atom is 0.348 e. The number of benzene rings is 3. The molecule has 0 fully saturated rings. The monoisotopic (exact) mass is 734 g/mol. The molecule has 11 nitrogen and oxygen atoms in total. The van der Waals surface area contributed by atoms with Crippen LogP contribution in [0.25, 0.3) is 40.0 Å². The lowest BCUT2D eigenvalue weighted by Gasteiger charge is -2.10. The van der Waals surface area contributed by atoms with Gasteiger partial charge in [-0.2, -0.15) is 0 Å². The van der Waals surface area contributed by atoms with E-state index in [4.69, 9.17) is 19.7 Å². The molecule has 54 heavy (non-hydrogen) atoms. The summed E-state index contributed by atoms with van der Waals surface area (Å²) in [6.07, 6.45) is 15.1. The molecule has 3 N–H and O–H groups in total. The van der Waals surface area contributed by atoms with Crippen molar-refractivity contribution in [2.75, 3.05) is 13.2 Å². The molecule has 0 saturated heterocycles. The average molecular weight is 735 g/mol. The molecule has 2 heterocycles. The Morgan fingerprint density at radius 2 is 1.41 bits per heavy atom. The van der Waals surface area contributed by atoms with Crippen LogP contribution in [0.3, 0.4) is 0 Å². The molecule has 1 aromatic heterocycles. The van der Waals surface area contributed by atoms with Crippen molar-refractivity contribution in [2.24, 2.45) is 12.2 Å². The summed E-state index contributed by atoms with van der Waals surface area (Å²) < 4.78 is 7.36. The first-order valence-corrected chi connectivity index (χ1v) is 18.9. The number of nitrogens with zero attached hydrogens (tertiary/aromatic N) is 3. The van der Waals surface area contributed by atoms with E-state index in [2.05, 4.69) is 17.4 Å². The van der Waals surface area contributed by atoms with E-state index in [0.29, 0.717) is 29.5 Å². The highest BCUT2D eigenvalue weighted by molar-refractivity contribution is 6.03. The summed E-state index contributed by atoms with van der Waals surface area (Å²) in [5.41, 5.74) is 6.36. The first-order valence-electron chi connectivity index (χ1n) is 18.9. The van der Waals surface area contributed by atoms with E-state index in [1.807, 2.05) is 78.4 Å².